The summed E-state index contributed by atoms with van der Waals surface area (Å²) in [4.78, 5) is 47.1. The number of carbonyl (C=O) groups excluding carboxylic acids is 3. The standard InChI is InChI=1S/C29H23F4N5O3/c30-18-4-3-5-20(13-18)37(28(41)23-8-9-25(39)38(23)24-12-17(16-34)10-11-35-24)26(21-6-1-2-7-22(21)31)27(40)36-19-14-29(32,33)15-19/h1-7,10-13,19,23,26H,8-9,14-15H2,(H,36,40)/t23?,26-/m0/s1. The van der Waals surface area contributed by atoms with E-state index in [1.807, 2.05) is 6.07 Å². The zero-order chi connectivity index (χ0) is 29.3. The minimum absolute atomic E-state index is 0.0115. The third-order valence-corrected chi connectivity index (χ3v) is 7.09. The molecule has 0 radical (unpaired) electrons. The first-order chi connectivity index (χ1) is 19.6. The van der Waals surface area contributed by atoms with Crippen LogP contribution in [-0.2, 0) is 14.4 Å². The number of rotatable bonds is 7. The Morgan fingerprint density at radius 1 is 1.10 bits per heavy atom. The zero-order valence-corrected chi connectivity index (χ0v) is 21.4. The second kappa shape index (κ2) is 11.0. The van der Waals surface area contributed by atoms with Gasteiger partial charge in [0.05, 0.1) is 11.6 Å². The van der Waals surface area contributed by atoms with Crippen LogP contribution in [0.1, 0.15) is 42.9 Å². The van der Waals surface area contributed by atoms with Gasteiger partial charge in [0.1, 0.15) is 29.5 Å². The summed E-state index contributed by atoms with van der Waals surface area (Å²) in [6, 6.07) is 10.7. The number of carbonyl (C=O) groups is 3. The number of amides is 3. The summed E-state index contributed by atoms with van der Waals surface area (Å²) in [7, 11) is 0. The third-order valence-electron chi connectivity index (χ3n) is 7.09. The topological polar surface area (TPSA) is 106 Å². The molecule has 1 aliphatic carbocycles. The Morgan fingerprint density at radius 3 is 2.54 bits per heavy atom. The van der Waals surface area contributed by atoms with Crippen LogP contribution in [0, 0.1) is 23.0 Å². The van der Waals surface area contributed by atoms with Crippen molar-refractivity contribution >= 4 is 29.2 Å². The summed E-state index contributed by atoms with van der Waals surface area (Å²) in [5, 5.41) is 11.8. The first-order valence-corrected chi connectivity index (χ1v) is 12.8. The smallest absolute Gasteiger partial charge is 0.252 e. The van der Waals surface area contributed by atoms with Gasteiger partial charge in [0.25, 0.3) is 11.8 Å². The number of benzene rings is 2. The van der Waals surface area contributed by atoms with Crippen LogP contribution < -0.4 is 15.1 Å². The van der Waals surface area contributed by atoms with E-state index in [2.05, 4.69) is 10.3 Å². The van der Waals surface area contributed by atoms with Gasteiger partial charge in [-0.2, -0.15) is 5.26 Å². The molecule has 2 heterocycles. The highest BCUT2D eigenvalue weighted by Crippen LogP contribution is 2.39. The molecule has 2 aromatic carbocycles. The summed E-state index contributed by atoms with van der Waals surface area (Å²) in [6.07, 6.45) is -0.0256. The average molecular weight is 566 g/mol. The minimum Gasteiger partial charge on any atom is -0.351 e. The number of aromatic nitrogens is 1. The Kier molecular flexibility index (Phi) is 7.45. The van der Waals surface area contributed by atoms with Crippen LogP contribution in [0.5, 0.6) is 0 Å². The van der Waals surface area contributed by atoms with Crippen LogP contribution in [0.4, 0.5) is 29.1 Å². The summed E-state index contributed by atoms with van der Waals surface area (Å²) in [5.74, 6) is -6.83. The molecule has 2 atom stereocenters. The number of halogens is 4. The van der Waals surface area contributed by atoms with Gasteiger partial charge >= 0.3 is 0 Å². The molecule has 12 heteroatoms. The number of pyridine rings is 1. The predicted molar refractivity (Wildman–Crippen MR) is 139 cm³/mol. The lowest BCUT2D eigenvalue weighted by Crippen LogP contribution is -2.56. The van der Waals surface area contributed by atoms with E-state index in [9.17, 15) is 32.8 Å². The van der Waals surface area contributed by atoms with Gasteiger partial charge in [-0.1, -0.05) is 24.3 Å². The highest BCUT2D eigenvalue weighted by molar-refractivity contribution is 6.10. The first kappa shape index (κ1) is 27.8. The van der Waals surface area contributed by atoms with Crippen LogP contribution in [0.2, 0.25) is 0 Å². The van der Waals surface area contributed by atoms with Gasteiger partial charge in [-0.25, -0.2) is 22.5 Å². The molecule has 8 nitrogen and oxygen atoms in total. The largest absolute Gasteiger partial charge is 0.351 e. The number of nitrogens with zero attached hydrogens (tertiary/aromatic N) is 4. The van der Waals surface area contributed by atoms with Crippen molar-refractivity contribution in [3.63, 3.8) is 0 Å². The minimum atomic E-state index is -2.96. The van der Waals surface area contributed by atoms with E-state index in [1.165, 1.54) is 48.7 Å². The van der Waals surface area contributed by atoms with E-state index in [0.29, 0.717) is 0 Å². The van der Waals surface area contributed by atoms with Gasteiger partial charge in [-0.05, 0) is 42.8 Å². The van der Waals surface area contributed by atoms with Crippen molar-refractivity contribution in [2.24, 2.45) is 0 Å². The SMILES string of the molecule is N#Cc1ccnc(N2C(=O)CCC2C(=O)N(c2cccc(F)c2)[C@H](C(=O)NC2CC(F)(F)C2)c2ccccc2F)c1. The predicted octanol–water partition coefficient (Wildman–Crippen LogP) is 4.42. The highest BCUT2D eigenvalue weighted by atomic mass is 19.3. The van der Waals surface area contributed by atoms with Crippen LogP contribution in [0.15, 0.2) is 66.9 Å². The number of hydrogen-bond donors (Lipinski definition) is 1. The summed E-state index contributed by atoms with van der Waals surface area (Å²) in [5.41, 5.74) is -0.187. The molecular weight excluding hydrogens is 542 g/mol. The maximum atomic E-state index is 15.2. The molecule has 1 saturated heterocycles. The Morgan fingerprint density at radius 2 is 1.85 bits per heavy atom. The van der Waals surface area contributed by atoms with Crippen molar-refractivity contribution in [3.8, 4) is 6.07 Å². The van der Waals surface area contributed by atoms with E-state index in [0.717, 1.165) is 28.0 Å². The molecule has 0 spiro atoms. The molecule has 3 amide bonds. The van der Waals surface area contributed by atoms with Crippen LogP contribution in [0.3, 0.4) is 0 Å². The maximum absolute atomic E-state index is 15.2. The molecule has 210 valence electrons. The lowest BCUT2D eigenvalue weighted by Gasteiger charge is -2.39. The van der Waals surface area contributed by atoms with Gasteiger partial charge in [0.15, 0.2) is 0 Å². The van der Waals surface area contributed by atoms with E-state index in [1.54, 1.807) is 0 Å². The van der Waals surface area contributed by atoms with E-state index in [4.69, 9.17) is 0 Å². The third kappa shape index (κ3) is 5.61. The highest BCUT2D eigenvalue weighted by Gasteiger charge is 2.48. The molecular formula is C29H23F4N5O3. The van der Waals surface area contributed by atoms with Gasteiger partial charge in [0, 0.05) is 42.8 Å². The van der Waals surface area contributed by atoms with Crippen molar-refractivity contribution in [3.05, 3.63) is 89.6 Å². The first-order valence-electron chi connectivity index (χ1n) is 12.8. The monoisotopic (exact) mass is 565 g/mol. The van der Waals surface area contributed by atoms with Gasteiger partial charge in [-0.3, -0.25) is 24.2 Å². The molecule has 3 aromatic rings. The number of nitriles is 1. The lowest BCUT2D eigenvalue weighted by molar-refractivity contribution is -0.133. The average Bonchev–Trinajstić information content (AvgIpc) is 3.32. The van der Waals surface area contributed by atoms with Gasteiger partial charge < -0.3 is 5.32 Å². The van der Waals surface area contributed by atoms with E-state index in [-0.39, 0.29) is 35.5 Å². The molecule has 5 rings (SSSR count). The number of anilines is 2. The molecule has 41 heavy (non-hydrogen) atoms. The fourth-order valence-electron chi connectivity index (χ4n) is 5.15. The molecule has 1 saturated carbocycles. The van der Waals surface area contributed by atoms with Crippen molar-refractivity contribution in [2.75, 3.05) is 9.80 Å². The summed E-state index contributed by atoms with van der Waals surface area (Å²) < 4.78 is 56.8. The Labute approximate surface area is 232 Å². The fourth-order valence-corrected chi connectivity index (χ4v) is 5.15. The quantitative estimate of drug-likeness (QED) is 0.427. The molecule has 1 aliphatic heterocycles. The molecule has 1 aromatic heterocycles. The maximum Gasteiger partial charge on any atom is 0.252 e. The Bertz CT molecular complexity index is 1550. The zero-order valence-electron chi connectivity index (χ0n) is 21.4. The van der Waals surface area contributed by atoms with Crippen molar-refractivity contribution in [2.45, 2.75) is 49.7 Å². The van der Waals surface area contributed by atoms with Crippen LogP contribution in [-0.4, -0.2) is 40.7 Å². The van der Waals surface area contributed by atoms with E-state index < -0.39 is 66.2 Å². The van der Waals surface area contributed by atoms with Crippen LogP contribution >= 0.6 is 0 Å². The second-order valence-corrected chi connectivity index (χ2v) is 9.91. The molecule has 1 unspecified atom stereocenters. The summed E-state index contributed by atoms with van der Waals surface area (Å²) in [6.45, 7) is 0. The normalized spacial score (nSPS) is 18.8. The Hall–Kier alpha value is -4.79. The van der Waals surface area contributed by atoms with Crippen molar-refractivity contribution in [1.29, 1.82) is 5.26 Å². The molecule has 1 N–H and O–H groups in total. The van der Waals surface area contributed by atoms with Gasteiger partial charge in [0.2, 0.25) is 11.8 Å². The molecule has 0 bridgehead atoms. The van der Waals surface area contributed by atoms with Gasteiger partial charge in [-0.15, -0.1) is 0 Å². The lowest BCUT2D eigenvalue weighted by atomic mass is 9.87. The van der Waals surface area contributed by atoms with E-state index >= 15 is 4.39 Å². The van der Waals surface area contributed by atoms with Crippen LogP contribution in [0.25, 0.3) is 0 Å². The van der Waals surface area contributed by atoms with Crippen molar-refractivity contribution in [1.82, 2.24) is 10.3 Å². The molecule has 2 aliphatic rings. The van der Waals surface area contributed by atoms with Crippen molar-refractivity contribution < 1.29 is 31.9 Å². The molecule has 2 fully saturated rings. The number of hydrogen-bond acceptors (Lipinski definition) is 5. The Balaban J connectivity index is 1.61. The number of alkyl halides is 2. The number of nitrogens with one attached hydrogen (secondary N) is 1. The fraction of sp³-hybridized carbons (Fsp3) is 0.276. The summed E-state index contributed by atoms with van der Waals surface area (Å²) >= 11 is 0. The second-order valence-electron chi connectivity index (χ2n) is 9.91.